The molecule has 3 rings (SSSR count). The Labute approximate surface area is 146 Å². The summed E-state index contributed by atoms with van der Waals surface area (Å²) in [6.45, 7) is -0.323. The van der Waals surface area contributed by atoms with Gasteiger partial charge in [0.2, 0.25) is 0 Å². The van der Waals surface area contributed by atoms with Gasteiger partial charge in [-0.1, -0.05) is 35.3 Å². The van der Waals surface area contributed by atoms with Gasteiger partial charge in [0, 0.05) is 0 Å². The molecule has 124 valence electrons. The third-order valence-corrected chi connectivity index (χ3v) is 5.27. The highest BCUT2D eigenvalue weighted by molar-refractivity contribution is 7.90. The molecule has 0 bridgehead atoms. The highest BCUT2D eigenvalue weighted by Gasteiger charge is 2.46. The van der Waals surface area contributed by atoms with E-state index >= 15 is 0 Å². The van der Waals surface area contributed by atoms with Crippen LogP contribution in [0, 0.1) is 0 Å². The predicted octanol–water partition coefficient (Wildman–Crippen LogP) is 2.87. The summed E-state index contributed by atoms with van der Waals surface area (Å²) < 4.78 is 29.6. The summed E-state index contributed by atoms with van der Waals surface area (Å²) >= 11 is 11.5. The third kappa shape index (κ3) is 2.83. The van der Waals surface area contributed by atoms with Gasteiger partial charge < -0.3 is 4.74 Å². The first-order valence-corrected chi connectivity index (χ1v) is 8.68. The Bertz CT molecular complexity index is 941. The van der Waals surface area contributed by atoms with E-state index in [0.29, 0.717) is 5.56 Å². The number of pyridine rings is 1. The van der Waals surface area contributed by atoms with Gasteiger partial charge in [0.25, 0.3) is 15.9 Å². The zero-order valence-corrected chi connectivity index (χ0v) is 14.1. The van der Waals surface area contributed by atoms with Gasteiger partial charge in [-0.05, 0) is 29.8 Å². The number of halogens is 2. The Morgan fingerprint density at radius 1 is 1.17 bits per heavy atom. The molecule has 0 saturated heterocycles. The van der Waals surface area contributed by atoms with Crippen LogP contribution in [-0.2, 0) is 21.4 Å². The Morgan fingerprint density at radius 2 is 1.79 bits per heavy atom. The number of rotatable bonds is 2. The number of aromatic nitrogens is 1. The van der Waals surface area contributed by atoms with Crippen molar-refractivity contribution in [3.8, 4) is 0 Å². The minimum absolute atomic E-state index is 0.0792. The van der Waals surface area contributed by atoms with Crippen LogP contribution in [0.1, 0.15) is 15.9 Å². The van der Waals surface area contributed by atoms with Crippen molar-refractivity contribution < 1.29 is 22.7 Å². The summed E-state index contributed by atoms with van der Waals surface area (Å²) in [6, 6.07) is 8.33. The van der Waals surface area contributed by atoms with E-state index in [4.69, 9.17) is 27.9 Å². The van der Waals surface area contributed by atoms with E-state index in [1.54, 1.807) is 0 Å². The van der Waals surface area contributed by atoms with E-state index < -0.39 is 22.0 Å². The second-order valence-corrected chi connectivity index (χ2v) is 7.28. The minimum Gasteiger partial charge on any atom is -0.443 e. The molecule has 0 radical (unpaired) electrons. The second kappa shape index (κ2) is 6.04. The molecule has 1 aromatic carbocycles. The lowest BCUT2D eigenvalue weighted by atomic mass is 10.2. The van der Waals surface area contributed by atoms with Crippen LogP contribution in [0.25, 0.3) is 0 Å². The molecule has 0 atom stereocenters. The van der Waals surface area contributed by atoms with Crippen molar-refractivity contribution in [3.63, 3.8) is 0 Å². The standard InChI is InChI=1S/C14H8Cl2N2O5S/c15-11-5-8(6-12(16)17-11)7-23-14(20)18-13(19)9-3-1-2-4-10(9)24(18,21)22/h1-6H,7H2. The molecule has 0 fully saturated rings. The van der Waals surface area contributed by atoms with Crippen molar-refractivity contribution in [1.82, 2.24) is 9.29 Å². The molecule has 0 unspecified atom stereocenters. The number of sulfonamides is 1. The highest BCUT2D eigenvalue weighted by Crippen LogP contribution is 2.30. The average Bonchev–Trinajstić information content (AvgIpc) is 2.71. The molecule has 2 aromatic rings. The van der Waals surface area contributed by atoms with Crippen LogP contribution in [0.5, 0.6) is 0 Å². The fourth-order valence-electron chi connectivity index (χ4n) is 2.17. The van der Waals surface area contributed by atoms with Gasteiger partial charge in [0.15, 0.2) is 0 Å². The van der Waals surface area contributed by atoms with Crippen LogP contribution in [0.3, 0.4) is 0 Å². The van der Waals surface area contributed by atoms with Crippen molar-refractivity contribution in [1.29, 1.82) is 0 Å². The van der Waals surface area contributed by atoms with Crippen LogP contribution >= 0.6 is 23.2 Å². The third-order valence-electron chi connectivity index (χ3n) is 3.17. The summed E-state index contributed by atoms with van der Waals surface area (Å²) in [6.07, 6.45) is -1.31. The number of fused-ring (bicyclic) bond motifs is 1. The summed E-state index contributed by atoms with van der Waals surface area (Å²) in [7, 11) is -4.27. The molecular weight excluding hydrogens is 379 g/mol. The van der Waals surface area contributed by atoms with Gasteiger partial charge >= 0.3 is 6.09 Å². The van der Waals surface area contributed by atoms with E-state index in [1.165, 1.54) is 36.4 Å². The zero-order chi connectivity index (χ0) is 17.5. The molecule has 0 saturated carbocycles. The monoisotopic (exact) mass is 386 g/mol. The number of benzene rings is 1. The first kappa shape index (κ1) is 16.7. The minimum atomic E-state index is -4.27. The fourth-order valence-corrected chi connectivity index (χ4v) is 4.12. The van der Waals surface area contributed by atoms with Crippen molar-refractivity contribution in [3.05, 3.63) is 57.8 Å². The second-order valence-electron chi connectivity index (χ2n) is 4.75. The van der Waals surface area contributed by atoms with Crippen molar-refractivity contribution in [2.45, 2.75) is 11.5 Å². The smallest absolute Gasteiger partial charge is 0.431 e. The number of ether oxygens (including phenoxy) is 1. The molecule has 10 heteroatoms. The molecule has 0 aliphatic carbocycles. The quantitative estimate of drug-likeness (QED) is 0.736. The van der Waals surface area contributed by atoms with Gasteiger partial charge in [-0.3, -0.25) is 4.79 Å². The normalized spacial score (nSPS) is 15.2. The van der Waals surface area contributed by atoms with Gasteiger partial charge in [-0.15, -0.1) is 4.31 Å². The van der Waals surface area contributed by atoms with E-state index in [0.717, 1.165) is 0 Å². The largest absolute Gasteiger partial charge is 0.443 e. The molecule has 1 aliphatic heterocycles. The van der Waals surface area contributed by atoms with Crippen molar-refractivity contribution >= 4 is 45.2 Å². The average molecular weight is 387 g/mol. The first-order valence-electron chi connectivity index (χ1n) is 6.48. The molecular formula is C14H8Cl2N2O5S. The molecule has 2 heterocycles. The molecule has 1 aromatic heterocycles. The van der Waals surface area contributed by atoms with Gasteiger partial charge in [-0.25, -0.2) is 18.2 Å². The predicted molar refractivity (Wildman–Crippen MR) is 84.2 cm³/mol. The summed E-state index contributed by atoms with van der Waals surface area (Å²) in [5, 5.41) is 0.177. The van der Waals surface area contributed by atoms with Gasteiger partial charge in [-0.2, -0.15) is 0 Å². The molecule has 24 heavy (non-hydrogen) atoms. The van der Waals surface area contributed by atoms with E-state index in [1.807, 2.05) is 0 Å². The molecule has 2 amide bonds. The Hall–Kier alpha value is -2.16. The van der Waals surface area contributed by atoms with Gasteiger partial charge in [0.1, 0.15) is 21.8 Å². The van der Waals surface area contributed by atoms with E-state index in [-0.39, 0.29) is 31.7 Å². The lowest BCUT2D eigenvalue weighted by molar-refractivity contribution is 0.0793. The lowest BCUT2D eigenvalue weighted by Gasteiger charge is -2.13. The fraction of sp³-hybridized carbons (Fsp3) is 0.0714. The molecule has 0 spiro atoms. The van der Waals surface area contributed by atoms with Crippen LogP contribution < -0.4 is 0 Å². The number of carbonyl (C=O) groups excluding carboxylic acids is 2. The summed E-state index contributed by atoms with van der Waals surface area (Å²) in [5.74, 6) is -0.957. The van der Waals surface area contributed by atoms with Gasteiger partial charge in [0.05, 0.1) is 5.56 Å². The maximum Gasteiger partial charge on any atom is 0.431 e. The number of imide groups is 1. The van der Waals surface area contributed by atoms with Crippen LogP contribution in [0.2, 0.25) is 10.3 Å². The van der Waals surface area contributed by atoms with Crippen LogP contribution in [0.4, 0.5) is 4.79 Å². The Kier molecular flexibility index (Phi) is 4.20. The topological polar surface area (TPSA) is 93.6 Å². The zero-order valence-electron chi connectivity index (χ0n) is 11.8. The summed E-state index contributed by atoms with van der Waals surface area (Å²) in [4.78, 5) is 27.8. The Morgan fingerprint density at radius 3 is 2.42 bits per heavy atom. The lowest BCUT2D eigenvalue weighted by Crippen LogP contribution is -2.36. The molecule has 0 N–H and O–H groups in total. The van der Waals surface area contributed by atoms with Crippen LogP contribution in [0.15, 0.2) is 41.3 Å². The first-order chi connectivity index (χ1) is 11.3. The number of hydrogen-bond donors (Lipinski definition) is 0. The SMILES string of the molecule is O=C(OCc1cc(Cl)nc(Cl)c1)N1C(=O)c2ccccc2S1(=O)=O. The molecule has 1 aliphatic rings. The van der Waals surface area contributed by atoms with Crippen molar-refractivity contribution in [2.75, 3.05) is 0 Å². The summed E-state index contributed by atoms with van der Waals surface area (Å²) in [5.41, 5.74) is 0.319. The maximum absolute atomic E-state index is 12.3. The number of amides is 2. The van der Waals surface area contributed by atoms with E-state index in [2.05, 4.69) is 4.98 Å². The highest BCUT2D eigenvalue weighted by atomic mass is 35.5. The van der Waals surface area contributed by atoms with E-state index in [9.17, 15) is 18.0 Å². The van der Waals surface area contributed by atoms with Crippen LogP contribution in [-0.4, -0.2) is 29.7 Å². The number of hydrogen-bond acceptors (Lipinski definition) is 6. The Balaban J connectivity index is 1.82. The van der Waals surface area contributed by atoms with Crippen molar-refractivity contribution in [2.24, 2.45) is 0 Å². The number of carbonyl (C=O) groups is 2. The maximum atomic E-state index is 12.3. The molecule has 7 nitrogen and oxygen atoms in total. The number of nitrogens with zero attached hydrogens (tertiary/aromatic N) is 2.